The maximum atomic E-state index is 12.4. The second-order valence-corrected chi connectivity index (χ2v) is 5.52. The predicted octanol–water partition coefficient (Wildman–Crippen LogP) is 3.50. The molecule has 4 rings (SSSR count). The predicted molar refractivity (Wildman–Crippen MR) is 85.7 cm³/mol. The summed E-state index contributed by atoms with van der Waals surface area (Å²) in [6, 6.07) is 8.35. The minimum absolute atomic E-state index is 0.0741. The Labute approximate surface area is 131 Å². The Kier molecular flexibility index (Phi) is 2.72. The van der Waals surface area contributed by atoms with Crippen LogP contribution in [-0.2, 0) is 0 Å². The molecule has 2 heterocycles. The number of H-pyrrole nitrogens is 1. The number of carbonyl (C=O) groups excluding carboxylic acids is 1. The lowest BCUT2D eigenvalue weighted by Gasteiger charge is -2.00. The van der Waals surface area contributed by atoms with Gasteiger partial charge < -0.3 is 19.9 Å². The summed E-state index contributed by atoms with van der Waals surface area (Å²) in [4.78, 5) is 15.6. The molecule has 1 aliphatic rings. The first-order valence-electron chi connectivity index (χ1n) is 7.11. The van der Waals surface area contributed by atoms with Crippen LogP contribution in [0.2, 0.25) is 0 Å². The average Bonchev–Trinajstić information content (AvgIpc) is 3.03. The maximum absolute atomic E-state index is 12.4. The number of aryl methyl sites for hydroxylation is 1. The van der Waals surface area contributed by atoms with Gasteiger partial charge in [-0.3, -0.25) is 4.79 Å². The number of phenols is 2. The number of ketones is 1. The number of benzene rings is 2. The summed E-state index contributed by atoms with van der Waals surface area (Å²) in [7, 11) is 0. The number of allylic oxidation sites excluding steroid dienone is 1. The van der Waals surface area contributed by atoms with Crippen molar-refractivity contribution in [3.8, 4) is 17.2 Å². The molecule has 0 saturated carbocycles. The van der Waals surface area contributed by atoms with E-state index >= 15 is 0 Å². The lowest BCUT2D eigenvalue weighted by Crippen LogP contribution is -1.98. The first kappa shape index (κ1) is 13.5. The van der Waals surface area contributed by atoms with E-state index < -0.39 is 5.78 Å². The molecular formula is C18H13NO4. The number of ether oxygens (including phenoxy) is 1. The van der Waals surface area contributed by atoms with Crippen LogP contribution in [0.1, 0.15) is 21.5 Å². The summed E-state index contributed by atoms with van der Waals surface area (Å²) in [5, 5.41) is 20.3. The Hall–Kier alpha value is -3.21. The van der Waals surface area contributed by atoms with Crippen molar-refractivity contribution in [3.05, 3.63) is 59.0 Å². The van der Waals surface area contributed by atoms with Crippen LogP contribution in [0.25, 0.3) is 17.0 Å². The summed E-state index contributed by atoms with van der Waals surface area (Å²) in [6.45, 7) is 2.00. The number of aromatic amines is 1. The van der Waals surface area contributed by atoms with Crippen LogP contribution in [-0.4, -0.2) is 21.0 Å². The number of carbonyl (C=O) groups is 1. The molecule has 0 radical (unpaired) electrons. The molecule has 0 amide bonds. The summed E-state index contributed by atoms with van der Waals surface area (Å²) < 4.78 is 5.51. The van der Waals surface area contributed by atoms with Gasteiger partial charge in [0, 0.05) is 34.8 Å². The van der Waals surface area contributed by atoms with Crippen molar-refractivity contribution < 1.29 is 19.7 Å². The van der Waals surface area contributed by atoms with Crippen LogP contribution in [0, 0.1) is 6.92 Å². The summed E-state index contributed by atoms with van der Waals surface area (Å²) in [5.74, 6) is -0.571. The molecule has 1 aliphatic heterocycles. The molecule has 5 heteroatoms. The topological polar surface area (TPSA) is 82.5 Å². The highest BCUT2D eigenvalue weighted by atomic mass is 16.5. The zero-order chi connectivity index (χ0) is 16.1. The zero-order valence-electron chi connectivity index (χ0n) is 12.3. The van der Waals surface area contributed by atoms with Crippen LogP contribution in [0.15, 0.2) is 42.3 Å². The SMILES string of the molecule is Cc1cccc2c(/C=C3\Oc4cc(O)cc(O)c4C3=O)c[nH]c12. The molecule has 2 aromatic carbocycles. The normalized spacial score (nSPS) is 15.2. The third kappa shape index (κ3) is 1.97. The molecule has 114 valence electrons. The number of phenolic OH excluding ortho intramolecular Hbond substituents is 2. The quantitative estimate of drug-likeness (QED) is 0.601. The van der Waals surface area contributed by atoms with Gasteiger partial charge in [-0.1, -0.05) is 18.2 Å². The smallest absolute Gasteiger partial charge is 0.235 e. The Balaban J connectivity index is 1.83. The third-order valence-corrected chi connectivity index (χ3v) is 3.98. The van der Waals surface area contributed by atoms with Crippen LogP contribution in [0.5, 0.6) is 17.2 Å². The summed E-state index contributed by atoms with van der Waals surface area (Å²) >= 11 is 0. The lowest BCUT2D eigenvalue weighted by molar-refractivity contribution is 0.101. The van der Waals surface area contributed by atoms with Crippen molar-refractivity contribution in [2.24, 2.45) is 0 Å². The highest BCUT2D eigenvalue weighted by Crippen LogP contribution is 2.40. The van der Waals surface area contributed by atoms with Gasteiger partial charge in [-0.15, -0.1) is 0 Å². The van der Waals surface area contributed by atoms with Gasteiger partial charge in [0.15, 0.2) is 5.76 Å². The fraction of sp³-hybridized carbons (Fsp3) is 0.0556. The molecule has 3 aromatic rings. The monoisotopic (exact) mass is 307 g/mol. The largest absolute Gasteiger partial charge is 0.508 e. The standard InChI is InChI=1S/C18H13NO4/c1-9-3-2-4-12-10(8-19-17(9)12)5-15-18(22)16-13(21)6-11(20)7-14(16)23-15/h2-8,19-21H,1H3/b15-5-. The Bertz CT molecular complexity index is 998. The van der Waals surface area contributed by atoms with E-state index in [9.17, 15) is 15.0 Å². The fourth-order valence-electron chi connectivity index (χ4n) is 2.87. The molecule has 23 heavy (non-hydrogen) atoms. The molecule has 0 spiro atoms. The minimum Gasteiger partial charge on any atom is -0.508 e. The summed E-state index contributed by atoms with van der Waals surface area (Å²) in [6.07, 6.45) is 3.44. The molecule has 0 unspecified atom stereocenters. The number of fused-ring (bicyclic) bond motifs is 2. The van der Waals surface area contributed by atoms with Gasteiger partial charge in [0.1, 0.15) is 22.8 Å². The van der Waals surface area contributed by atoms with E-state index in [1.54, 1.807) is 6.08 Å². The Morgan fingerprint density at radius 1 is 1.22 bits per heavy atom. The molecular weight excluding hydrogens is 294 g/mol. The van der Waals surface area contributed by atoms with Crippen LogP contribution in [0.4, 0.5) is 0 Å². The van der Waals surface area contributed by atoms with E-state index in [-0.39, 0.29) is 28.6 Å². The van der Waals surface area contributed by atoms with Crippen LogP contribution < -0.4 is 4.74 Å². The minimum atomic E-state index is -0.403. The van der Waals surface area contributed by atoms with Crippen molar-refractivity contribution in [3.63, 3.8) is 0 Å². The van der Waals surface area contributed by atoms with Crippen molar-refractivity contribution in [2.45, 2.75) is 6.92 Å². The van der Waals surface area contributed by atoms with Crippen molar-refractivity contribution in [1.82, 2.24) is 4.98 Å². The second-order valence-electron chi connectivity index (χ2n) is 5.52. The van der Waals surface area contributed by atoms with Gasteiger partial charge in [0.2, 0.25) is 5.78 Å². The summed E-state index contributed by atoms with van der Waals surface area (Å²) in [5.41, 5.74) is 3.01. The van der Waals surface area contributed by atoms with Gasteiger partial charge in [0.25, 0.3) is 0 Å². The van der Waals surface area contributed by atoms with E-state index in [4.69, 9.17) is 4.74 Å². The van der Waals surface area contributed by atoms with Gasteiger partial charge >= 0.3 is 0 Å². The molecule has 5 nitrogen and oxygen atoms in total. The van der Waals surface area contributed by atoms with Gasteiger partial charge in [-0.05, 0) is 18.6 Å². The highest BCUT2D eigenvalue weighted by Gasteiger charge is 2.31. The maximum Gasteiger partial charge on any atom is 0.235 e. The van der Waals surface area contributed by atoms with Crippen molar-refractivity contribution in [1.29, 1.82) is 0 Å². The average molecular weight is 307 g/mol. The Morgan fingerprint density at radius 3 is 2.87 bits per heavy atom. The number of aromatic hydroxyl groups is 2. The molecule has 0 atom stereocenters. The van der Waals surface area contributed by atoms with E-state index in [0.29, 0.717) is 0 Å². The number of aromatic nitrogens is 1. The van der Waals surface area contributed by atoms with Gasteiger partial charge in [0.05, 0.1) is 0 Å². The first-order chi connectivity index (χ1) is 11.0. The van der Waals surface area contributed by atoms with E-state index in [0.717, 1.165) is 28.1 Å². The molecule has 0 fully saturated rings. The molecule has 0 aliphatic carbocycles. The van der Waals surface area contributed by atoms with Crippen LogP contribution >= 0.6 is 0 Å². The molecule has 0 bridgehead atoms. The van der Waals surface area contributed by atoms with Crippen LogP contribution in [0.3, 0.4) is 0 Å². The molecule has 0 saturated heterocycles. The zero-order valence-corrected chi connectivity index (χ0v) is 12.3. The number of nitrogens with one attached hydrogen (secondary N) is 1. The number of hydrogen-bond acceptors (Lipinski definition) is 4. The van der Waals surface area contributed by atoms with Crippen molar-refractivity contribution in [2.75, 3.05) is 0 Å². The number of para-hydroxylation sites is 1. The Morgan fingerprint density at radius 2 is 2.04 bits per heavy atom. The number of hydrogen-bond donors (Lipinski definition) is 3. The molecule has 1 aromatic heterocycles. The fourth-order valence-corrected chi connectivity index (χ4v) is 2.87. The van der Waals surface area contributed by atoms with Gasteiger partial charge in [-0.2, -0.15) is 0 Å². The van der Waals surface area contributed by atoms with Gasteiger partial charge in [-0.25, -0.2) is 0 Å². The molecule has 3 N–H and O–H groups in total. The highest BCUT2D eigenvalue weighted by molar-refractivity contribution is 6.16. The second kappa shape index (κ2) is 4.64. The lowest BCUT2D eigenvalue weighted by atomic mass is 10.1. The van der Waals surface area contributed by atoms with E-state index in [1.165, 1.54) is 6.07 Å². The number of Topliss-reactive ketones (excluding diaryl/α,β-unsaturated/α-hetero) is 1. The van der Waals surface area contributed by atoms with Crippen molar-refractivity contribution >= 4 is 22.8 Å². The number of rotatable bonds is 1. The van der Waals surface area contributed by atoms with E-state index in [1.807, 2.05) is 31.3 Å². The van der Waals surface area contributed by atoms with E-state index in [2.05, 4.69) is 4.98 Å². The third-order valence-electron chi connectivity index (χ3n) is 3.98. The first-order valence-corrected chi connectivity index (χ1v) is 7.11.